The molecular weight excluding hydrogens is 654 g/mol. The van der Waals surface area contributed by atoms with Crippen molar-refractivity contribution in [2.75, 3.05) is 19.6 Å². The first-order chi connectivity index (χ1) is 21.0. The molecule has 1 aromatic heterocycles. The first-order valence-electron chi connectivity index (χ1n) is 14.6. The van der Waals surface area contributed by atoms with Gasteiger partial charge in [-0.3, -0.25) is 0 Å². The number of piperidine rings is 1. The minimum absolute atomic E-state index is 0. The molecule has 1 unspecified atom stereocenters. The minimum atomic E-state index is -0.0552. The summed E-state index contributed by atoms with van der Waals surface area (Å²) in [4.78, 5) is 2.45. The first kappa shape index (κ1) is 34.8. The van der Waals surface area contributed by atoms with Crippen molar-refractivity contribution in [2.24, 2.45) is 5.73 Å². The Bertz CT molecular complexity index is 1680. The number of rotatable bonds is 11. The van der Waals surface area contributed by atoms with Gasteiger partial charge < -0.3 is 20.1 Å². The van der Waals surface area contributed by atoms with Crippen LogP contribution in [-0.2, 0) is 19.6 Å². The Kier molecular flexibility index (Phi) is 12.8. The predicted octanol–water partition coefficient (Wildman–Crippen LogP) is 8.55. The van der Waals surface area contributed by atoms with Crippen molar-refractivity contribution in [1.82, 2.24) is 15.2 Å². The molecule has 1 atom stereocenters. The molecule has 4 aromatic carbocycles. The second-order valence-corrected chi connectivity index (χ2v) is 11.8. The molecule has 0 amide bonds. The third-order valence-corrected chi connectivity index (χ3v) is 8.54. The highest BCUT2D eigenvalue weighted by Crippen LogP contribution is 2.36. The van der Waals surface area contributed by atoms with Crippen LogP contribution in [0.25, 0.3) is 22.2 Å². The van der Waals surface area contributed by atoms with Crippen molar-refractivity contribution in [2.45, 2.75) is 44.9 Å². The Labute approximate surface area is 285 Å². The highest BCUT2D eigenvalue weighted by molar-refractivity contribution is 6.34. The Morgan fingerprint density at radius 1 is 0.778 bits per heavy atom. The van der Waals surface area contributed by atoms with Crippen LogP contribution in [0.5, 0.6) is 11.5 Å². The van der Waals surface area contributed by atoms with Crippen LogP contribution in [0.2, 0.25) is 10.0 Å². The number of hydrogen-bond acceptors (Lipinski definition) is 7. The van der Waals surface area contributed by atoms with E-state index in [1.807, 2.05) is 78.9 Å². The lowest BCUT2D eigenvalue weighted by atomic mass is 10.0. The zero-order valence-electron chi connectivity index (χ0n) is 24.7. The van der Waals surface area contributed by atoms with Crippen LogP contribution in [0.3, 0.4) is 0 Å². The molecule has 2 N–H and O–H groups in total. The van der Waals surface area contributed by atoms with Crippen molar-refractivity contribution < 1.29 is 14.1 Å². The van der Waals surface area contributed by atoms with E-state index >= 15 is 0 Å². The van der Waals surface area contributed by atoms with E-state index in [-0.39, 0.29) is 37.5 Å². The van der Waals surface area contributed by atoms with E-state index in [0.717, 1.165) is 47.5 Å². The molecular formula is C34H36Cl4N4O3. The molecule has 11 heteroatoms. The average Bonchev–Trinajstić information content (AvgIpc) is 3.50. The molecule has 1 fully saturated rings. The second kappa shape index (κ2) is 16.5. The SMILES string of the molecule is Cl.Cl.NC(Cc1cc(Cl)c(OCc2cccc(-c3ccccc3)c2Cl)cc1OCc1ccc2nonc2c1)CN1CCCCC1. The molecule has 45 heavy (non-hydrogen) atoms. The Morgan fingerprint density at radius 3 is 2.33 bits per heavy atom. The Morgan fingerprint density at radius 2 is 1.53 bits per heavy atom. The highest BCUT2D eigenvalue weighted by atomic mass is 35.5. The minimum Gasteiger partial charge on any atom is -0.488 e. The summed E-state index contributed by atoms with van der Waals surface area (Å²) in [7, 11) is 0. The molecule has 238 valence electrons. The van der Waals surface area contributed by atoms with Crippen LogP contribution in [0.15, 0.2) is 83.5 Å². The number of nitrogens with two attached hydrogens (primary N) is 1. The number of benzene rings is 4. The number of ether oxygens (including phenoxy) is 2. The molecule has 1 aliphatic rings. The van der Waals surface area contributed by atoms with Gasteiger partial charge in [0.1, 0.15) is 35.7 Å². The van der Waals surface area contributed by atoms with Gasteiger partial charge in [0.2, 0.25) is 0 Å². The number of likely N-dealkylation sites (tertiary alicyclic amines) is 1. The summed E-state index contributed by atoms with van der Waals surface area (Å²) in [5.41, 5.74) is 12.8. The van der Waals surface area contributed by atoms with E-state index in [1.54, 1.807) is 0 Å². The van der Waals surface area contributed by atoms with Gasteiger partial charge in [0.15, 0.2) is 0 Å². The quantitative estimate of drug-likeness (QED) is 0.149. The highest BCUT2D eigenvalue weighted by Gasteiger charge is 2.19. The third kappa shape index (κ3) is 8.82. The van der Waals surface area contributed by atoms with E-state index in [4.69, 9.17) is 43.0 Å². The first-order valence-corrected chi connectivity index (χ1v) is 15.4. The normalized spacial score (nSPS) is 13.9. The van der Waals surface area contributed by atoms with Gasteiger partial charge in [0.05, 0.1) is 10.0 Å². The van der Waals surface area contributed by atoms with Crippen molar-refractivity contribution in [3.05, 3.63) is 106 Å². The molecule has 6 rings (SSSR count). The van der Waals surface area contributed by atoms with E-state index in [2.05, 4.69) is 15.2 Å². The van der Waals surface area contributed by atoms with Gasteiger partial charge in [0, 0.05) is 29.8 Å². The van der Waals surface area contributed by atoms with Crippen LogP contribution in [0.4, 0.5) is 0 Å². The maximum atomic E-state index is 6.82. The molecule has 0 spiro atoms. The molecule has 5 aromatic rings. The standard InChI is InChI=1S/C34H34Cl2N4O3.2ClH/c35-29-18-26(17-27(37)20-40-14-5-2-6-15-40)32(41-21-23-12-13-30-31(16-23)39-43-38-30)19-33(29)42-22-25-10-7-11-28(34(25)36)24-8-3-1-4-9-24;;/h1,3-4,7-13,16,18-19,27H,2,5-6,14-15,17,20-22,37H2;2*1H. The Hall–Kier alpha value is -3.04. The van der Waals surface area contributed by atoms with Crippen LogP contribution in [-0.4, -0.2) is 40.9 Å². The molecule has 0 bridgehead atoms. The summed E-state index contributed by atoms with van der Waals surface area (Å²) in [6, 6.07) is 25.4. The molecule has 1 aliphatic heterocycles. The maximum absolute atomic E-state index is 6.82. The molecule has 0 saturated carbocycles. The molecule has 1 saturated heterocycles. The van der Waals surface area contributed by atoms with Gasteiger partial charge in [-0.1, -0.05) is 84.2 Å². The van der Waals surface area contributed by atoms with Gasteiger partial charge in [-0.05, 0) is 77.6 Å². The lowest BCUT2D eigenvalue weighted by molar-refractivity contribution is 0.215. The lowest BCUT2D eigenvalue weighted by Crippen LogP contribution is -2.41. The fourth-order valence-electron chi connectivity index (χ4n) is 5.57. The van der Waals surface area contributed by atoms with Crippen LogP contribution >= 0.6 is 48.0 Å². The smallest absolute Gasteiger partial charge is 0.142 e. The topological polar surface area (TPSA) is 86.6 Å². The van der Waals surface area contributed by atoms with Crippen molar-refractivity contribution in [3.63, 3.8) is 0 Å². The summed E-state index contributed by atoms with van der Waals surface area (Å²) in [6.07, 6.45) is 4.37. The van der Waals surface area contributed by atoms with Gasteiger partial charge in [-0.25, -0.2) is 4.63 Å². The van der Waals surface area contributed by atoms with E-state index in [1.165, 1.54) is 19.3 Å². The fourth-order valence-corrected chi connectivity index (χ4v) is 6.10. The molecule has 0 aliphatic carbocycles. The molecule has 0 radical (unpaired) electrons. The zero-order valence-corrected chi connectivity index (χ0v) is 27.8. The average molecular weight is 690 g/mol. The largest absolute Gasteiger partial charge is 0.488 e. The number of aromatic nitrogens is 2. The monoisotopic (exact) mass is 688 g/mol. The lowest BCUT2D eigenvalue weighted by Gasteiger charge is -2.29. The third-order valence-electron chi connectivity index (χ3n) is 7.80. The summed E-state index contributed by atoms with van der Waals surface area (Å²) >= 11 is 13.6. The van der Waals surface area contributed by atoms with E-state index < -0.39 is 0 Å². The maximum Gasteiger partial charge on any atom is 0.142 e. The van der Waals surface area contributed by atoms with E-state index in [9.17, 15) is 0 Å². The summed E-state index contributed by atoms with van der Waals surface area (Å²) in [5.74, 6) is 1.19. The number of hydrogen-bond donors (Lipinski definition) is 1. The van der Waals surface area contributed by atoms with Crippen LogP contribution in [0, 0.1) is 0 Å². The zero-order chi connectivity index (χ0) is 29.6. The van der Waals surface area contributed by atoms with Crippen molar-refractivity contribution in [1.29, 1.82) is 0 Å². The van der Waals surface area contributed by atoms with Gasteiger partial charge in [0.25, 0.3) is 0 Å². The fraction of sp³-hybridized carbons (Fsp3) is 0.294. The van der Waals surface area contributed by atoms with Gasteiger partial charge >= 0.3 is 0 Å². The van der Waals surface area contributed by atoms with Crippen molar-refractivity contribution in [3.8, 4) is 22.6 Å². The number of fused-ring (bicyclic) bond motifs is 1. The van der Waals surface area contributed by atoms with Crippen molar-refractivity contribution >= 4 is 59.0 Å². The van der Waals surface area contributed by atoms with Gasteiger partial charge in [-0.15, -0.1) is 24.8 Å². The summed E-state index contributed by atoms with van der Waals surface area (Å²) in [5, 5.41) is 8.98. The summed E-state index contributed by atoms with van der Waals surface area (Å²) in [6.45, 7) is 3.60. The number of halogens is 4. The predicted molar refractivity (Wildman–Crippen MR) is 185 cm³/mol. The Balaban J connectivity index is 0.00000230. The molecule has 2 heterocycles. The van der Waals surface area contributed by atoms with E-state index in [0.29, 0.717) is 45.6 Å². The second-order valence-electron chi connectivity index (χ2n) is 11.0. The molecule has 7 nitrogen and oxygen atoms in total. The summed E-state index contributed by atoms with van der Waals surface area (Å²) < 4.78 is 17.5. The van der Waals surface area contributed by atoms with Gasteiger partial charge in [-0.2, -0.15) is 0 Å². The number of nitrogens with zero attached hydrogens (tertiary/aromatic N) is 3. The van der Waals surface area contributed by atoms with Crippen LogP contribution < -0.4 is 15.2 Å². The van der Waals surface area contributed by atoms with Crippen LogP contribution in [0.1, 0.15) is 36.0 Å².